The van der Waals surface area contributed by atoms with E-state index in [1.807, 2.05) is 6.07 Å². The van der Waals surface area contributed by atoms with Gasteiger partial charge >= 0.3 is 0 Å². The van der Waals surface area contributed by atoms with E-state index in [4.69, 9.17) is 5.73 Å². The molecule has 0 saturated carbocycles. The van der Waals surface area contributed by atoms with Gasteiger partial charge in [-0.2, -0.15) is 0 Å². The largest absolute Gasteiger partial charge is 0.337 e. The predicted octanol–water partition coefficient (Wildman–Crippen LogP) is 0.600. The summed E-state index contributed by atoms with van der Waals surface area (Å²) in [5.41, 5.74) is 8.29. The van der Waals surface area contributed by atoms with Crippen LogP contribution in [0.25, 0.3) is 0 Å². The van der Waals surface area contributed by atoms with Gasteiger partial charge in [0.05, 0.1) is 6.42 Å². The minimum atomic E-state index is -0.0172. The summed E-state index contributed by atoms with van der Waals surface area (Å²) in [6, 6.07) is 5.43. The number of rotatable bonds is 1. The molecule has 0 radical (unpaired) electrons. The van der Waals surface area contributed by atoms with Crippen LogP contribution in [0.5, 0.6) is 0 Å². The van der Waals surface area contributed by atoms with Gasteiger partial charge in [0.2, 0.25) is 5.91 Å². The van der Waals surface area contributed by atoms with Gasteiger partial charge in [-0.15, -0.1) is 0 Å². The number of likely N-dealkylation sites (tertiary alicyclic amines) is 1. The van der Waals surface area contributed by atoms with E-state index in [0.717, 1.165) is 11.3 Å². The highest BCUT2D eigenvalue weighted by Gasteiger charge is 2.31. The Kier molecular flexibility index (Phi) is 2.78. The van der Waals surface area contributed by atoms with Gasteiger partial charge in [-0.25, -0.2) is 0 Å². The van der Waals surface area contributed by atoms with Crippen molar-refractivity contribution in [1.82, 2.24) is 4.90 Å². The maximum atomic E-state index is 12.4. The molecule has 2 unspecified atom stereocenters. The second-order valence-electron chi connectivity index (χ2n) is 5.45. The van der Waals surface area contributed by atoms with Gasteiger partial charge in [0, 0.05) is 30.4 Å². The number of fused-ring (bicyclic) bond motifs is 1. The minimum absolute atomic E-state index is 0.00180. The highest BCUT2D eigenvalue weighted by Crippen LogP contribution is 2.25. The maximum absolute atomic E-state index is 12.4. The van der Waals surface area contributed by atoms with Gasteiger partial charge in [0.15, 0.2) is 0 Å². The van der Waals surface area contributed by atoms with Crippen LogP contribution in [0.3, 0.4) is 0 Å². The number of amides is 2. The van der Waals surface area contributed by atoms with Crippen molar-refractivity contribution in [1.29, 1.82) is 0 Å². The number of nitrogens with zero attached hydrogens (tertiary/aromatic N) is 1. The molecule has 2 amide bonds. The Morgan fingerprint density at radius 1 is 1.42 bits per heavy atom. The first kappa shape index (κ1) is 12.2. The zero-order valence-corrected chi connectivity index (χ0v) is 10.8. The number of anilines is 1. The molecule has 0 aromatic heterocycles. The molecule has 2 aliphatic rings. The Morgan fingerprint density at radius 3 is 2.89 bits per heavy atom. The molecule has 1 aromatic rings. The summed E-state index contributed by atoms with van der Waals surface area (Å²) in [7, 11) is 0. The van der Waals surface area contributed by atoms with Crippen LogP contribution in [0.15, 0.2) is 18.2 Å². The van der Waals surface area contributed by atoms with Crippen LogP contribution in [0.2, 0.25) is 0 Å². The highest BCUT2D eigenvalue weighted by molar-refractivity contribution is 6.01. The summed E-state index contributed by atoms with van der Waals surface area (Å²) in [6.07, 6.45) is 0.354. The maximum Gasteiger partial charge on any atom is 0.253 e. The van der Waals surface area contributed by atoms with Crippen molar-refractivity contribution in [2.45, 2.75) is 19.4 Å². The third-order valence-electron chi connectivity index (χ3n) is 3.93. The second-order valence-corrected chi connectivity index (χ2v) is 5.45. The van der Waals surface area contributed by atoms with Crippen LogP contribution in [0.4, 0.5) is 5.69 Å². The predicted molar refractivity (Wildman–Crippen MR) is 71.8 cm³/mol. The zero-order chi connectivity index (χ0) is 13.6. The van der Waals surface area contributed by atoms with Crippen molar-refractivity contribution in [3.05, 3.63) is 29.3 Å². The molecule has 2 heterocycles. The van der Waals surface area contributed by atoms with Crippen LogP contribution in [-0.4, -0.2) is 35.8 Å². The summed E-state index contributed by atoms with van der Waals surface area (Å²) in [4.78, 5) is 25.5. The van der Waals surface area contributed by atoms with Crippen molar-refractivity contribution < 1.29 is 9.59 Å². The van der Waals surface area contributed by atoms with E-state index in [-0.39, 0.29) is 17.9 Å². The SMILES string of the molecule is CC1CN(C(=O)c2ccc3c(c2)CC(=O)N3)CC1N. The number of hydrogen-bond donors (Lipinski definition) is 2. The number of benzene rings is 1. The van der Waals surface area contributed by atoms with Gasteiger partial charge in [0.1, 0.15) is 0 Å². The monoisotopic (exact) mass is 259 g/mol. The number of nitrogens with two attached hydrogens (primary N) is 1. The number of hydrogen-bond acceptors (Lipinski definition) is 3. The molecule has 100 valence electrons. The van der Waals surface area contributed by atoms with E-state index in [1.165, 1.54) is 0 Å². The first-order valence-corrected chi connectivity index (χ1v) is 6.52. The van der Waals surface area contributed by atoms with Crippen molar-refractivity contribution in [3.8, 4) is 0 Å². The van der Waals surface area contributed by atoms with E-state index in [1.54, 1.807) is 17.0 Å². The summed E-state index contributed by atoms with van der Waals surface area (Å²) >= 11 is 0. The Balaban J connectivity index is 1.82. The lowest BCUT2D eigenvalue weighted by Gasteiger charge is -2.16. The minimum Gasteiger partial charge on any atom is -0.337 e. The molecule has 1 fully saturated rings. The van der Waals surface area contributed by atoms with Gasteiger partial charge in [-0.3, -0.25) is 9.59 Å². The van der Waals surface area contributed by atoms with Gasteiger partial charge in [-0.05, 0) is 29.7 Å². The molecule has 3 N–H and O–H groups in total. The van der Waals surface area contributed by atoms with Crippen LogP contribution >= 0.6 is 0 Å². The number of carbonyl (C=O) groups is 2. The zero-order valence-electron chi connectivity index (χ0n) is 10.8. The third-order valence-corrected chi connectivity index (χ3v) is 3.93. The quantitative estimate of drug-likeness (QED) is 0.775. The summed E-state index contributed by atoms with van der Waals surface area (Å²) in [5.74, 6) is 0.319. The Bertz CT molecular complexity index is 546. The molecule has 2 aliphatic heterocycles. The molecule has 5 nitrogen and oxygen atoms in total. The molecular weight excluding hydrogens is 242 g/mol. The molecule has 2 atom stereocenters. The molecule has 0 bridgehead atoms. The van der Waals surface area contributed by atoms with Gasteiger partial charge < -0.3 is 16.0 Å². The lowest BCUT2D eigenvalue weighted by molar-refractivity contribution is -0.115. The third kappa shape index (κ3) is 2.10. The Labute approximate surface area is 111 Å². The molecule has 1 aromatic carbocycles. The summed E-state index contributed by atoms with van der Waals surface area (Å²) < 4.78 is 0. The summed E-state index contributed by atoms with van der Waals surface area (Å²) in [6.45, 7) is 3.37. The van der Waals surface area contributed by atoms with Crippen molar-refractivity contribution >= 4 is 17.5 Å². The smallest absolute Gasteiger partial charge is 0.253 e. The molecule has 0 spiro atoms. The van der Waals surface area contributed by atoms with E-state index < -0.39 is 0 Å². The van der Waals surface area contributed by atoms with Gasteiger partial charge in [-0.1, -0.05) is 6.92 Å². The number of carbonyl (C=O) groups excluding carboxylic acids is 2. The van der Waals surface area contributed by atoms with Crippen molar-refractivity contribution in [2.24, 2.45) is 11.7 Å². The molecule has 19 heavy (non-hydrogen) atoms. The van der Waals surface area contributed by atoms with Crippen molar-refractivity contribution in [3.63, 3.8) is 0 Å². The fourth-order valence-corrected chi connectivity index (χ4v) is 2.70. The molecule has 1 saturated heterocycles. The van der Waals surface area contributed by atoms with Crippen LogP contribution in [0.1, 0.15) is 22.8 Å². The van der Waals surface area contributed by atoms with Crippen LogP contribution in [-0.2, 0) is 11.2 Å². The Morgan fingerprint density at radius 2 is 2.21 bits per heavy atom. The lowest BCUT2D eigenvalue weighted by atomic mass is 10.1. The first-order chi connectivity index (χ1) is 9.04. The molecule has 5 heteroatoms. The van der Waals surface area contributed by atoms with E-state index >= 15 is 0 Å². The van der Waals surface area contributed by atoms with Crippen LogP contribution < -0.4 is 11.1 Å². The normalized spacial score (nSPS) is 25.4. The topological polar surface area (TPSA) is 75.4 Å². The Hall–Kier alpha value is -1.88. The average molecular weight is 259 g/mol. The van der Waals surface area contributed by atoms with Gasteiger partial charge in [0.25, 0.3) is 5.91 Å². The molecule has 0 aliphatic carbocycles. The summed E-state index contributed by atoms with van der Waals surface area (Å²) in [5, 5.41) is 2.76. The van der Waals surface area contributed by atoms with Crippen molar-refractivity contribution in [2.75, 3.05) is 18.4 Å². The average Bonchev–Trinajstić information content (AvgIpc) is 2.90. The second kappa shape index (κ2) is 4.35. The lowest BCUT2D eigenvalue weighted by Crippen LogP contribution is -2.32. The highest BCUT2D eigenvalue weighted by atomic mass is 16.2. The fraction of sp³-hybridized carbons (Fsp3) is 0.429. The molecular formula is C14H17N3O2. The standard InChI is InChI=1S/C14H17N3O2/c1-8-6-17(7-11(8)15)14(19)9-2-3-12-10(4-9)5-13(18)16-12/h2-4,8,11H,5-7,15H2,1H3,(H,16,18). The van der Waals surface area contributed by atoms with E-state index in [2.05, 4.69) is 12.2 Å². The fourth-order valence-electron chi connectivity index (χ4n) is 2.70. The molecule has 3 rings (SSSR count). The first-order valence-electron chi connectivity index (χ1n) is 6.52. The van der Waals surface area contributed by atoms with E-state index in [9.17, 15) is 9.59 Å². The number of nitrogens with one attached hydrogen (secondary N) is 1. The van der Waals surface area contributed by atoms with E-state index in [0.29, 0.717) is 31.0 Å². The van der Waals surface area contributed by atoms with Crippen LogP contribution in [0, 0.1) is 5.92 Å².